The number of nitrogens with zero attached hydrogens (tertiary/aromatic N) is 1. The minimum atomic E-state index is -0.154. The number of ether oxygens (including phenoxy) is 1. The molecule has 0 aliphatic rings. The maximum Gasteiger partial charge on any atom is 0.256 e. The Morgan fingerprint density at radius 3 is 2.59 bits per heavy atom. The van der Waals surface area contributed by atoms with Gasteiger partial charge in [0.15, 0.2) is 5.58 Å². The van der Waals surface area contributed by atoms with Gasteiger partial charge in [0.1, 0.15) is 11.3 Å². The summed E-state index contributed by atoms with van der Waals surface area (Å²) >= 11 is 2.15. The first-order chi connectivity index (χ1) is 13.1. The van der Waals surface area contributed by atoms with Crippen LogP contribution in [0.1, 0.15) is 10.4 Å². The summed E-state index contributed by atoms with van der Waals surface area (Å²) in [6.45, 7) is 0. The van der Waals surface area contributed by atoms with Crippen molar-refractivity contribution in [3.8, 4) is 17.2 Å². The number of hydrogen-bond acceptors (Lipinski definition) is 4. The molecule has 0 saturated carbocycles. The number of aromatic nitrogens is 1. The quantitative estimate of drug-likeness (QED) is 0.408. The second-order valence-corrected chi connectivity index (χ2v) is 7.03. The summed E-state index contributed by atoms with van der Waals surface area (Å²) in [5, 5.41) is 2.91. The maximum absolute atomic E-state index is 12.5. The van der Waals surface area contributed by atoms with Crippen LogP contribution >= 0.6 is 22.6 Å². The van der Waals surface area contributed by atoms with Gasteiger partial charge in [-0.15, -0.1) is 0 Å². The summed E-state index contributed by atoms with van der Waals surface area (Å²) in [4.78, 5) is 17.0. The van der Waals surface area contributed by atoms with Gasteiger partial charge in [-0.05, 0) is 77.2 Å². The van der Waals surface area contributed by atoms with Gasteiger partial charge < -0.3 is 14.5 Å². The Morgan fingerprint density at radius 1 is 1.07 bits per heavy atom. The van der Waals surface area contributed by atoms with Crippen LogP contribution in [-0.4, -0.2) is 18.0 Å². The topological polar surface area (TPSA) is 64.4 Å². The number of rotatable bonds is 4. The molecule has 1 N–H and O–H groups in total. The molecule has 0 unspecified atom stereocenters. The van der Waals surface area contributed by atoms with Crippen molar-refractivity contribution in [1.82, 2.24) is 4.98 Å². The zero-order chi connectivity index (χ0) is 18.8. The molecule has 1 heterocycles. The van der Waals surface area contributed by atoms with Crippen LogP contribution in [0.3, 0.4) is 0 Å². The molecule has 0 saturated heterocycles. The average molecular weight is 470 g/mol. The van der Waals surface area contributed by atoms with Crippen molar-refractivity contribution >= 4 is 45.3 Å². The molecule has 4 rings (SSSR count). The van der Waals surface area contributed by atoms with Gasteiger partial charge in [0.2, 0.25) is 5.89 Å². The lowest BCUT2D eigenvalue weighted by Crippen LogP contribution is -2.13. The monoisotopic (exact) mass is 470 g/mol. The number of amides is 1. The number of carbonyl (C=O) groups excluding carboxylic acids is 1. The van der Waals surface area contributed by atoms with Crippen molar-refractivity contribution in [1.29, 1.82) is 0 Å². The number of halogens is 1. The van der Waals surface area contributed by atoms with E-state index >= 15 is 0 Å². The number of benzene rings is 3. The number of oxazole rings is 1. The van der Waals surface area contributed by atoms with Crippen LogP contribution in [0.2, 0.25) is 0 Å². The molecule has 0 aliphatic heterocycles. The number of hydrogen-bond donors (Lipinski definition) is 1. The molecule has 0 bridgehead atoms. The predicted octanol–water partition coefficient (Wildman–Crippen LogP) is 5.36. The van der Waals surface area contributed by atoms with E-state index in [0.29, 0.717) is 28.2 Å². The molecule has 1 amide bonds. The third kappa shape index (κ3) is 3.66. The van der Waals surface area contributed by atoms with Crippen molar-refractivity contribution in [2.75, 3.05) is 12.4 Å². The van der Waals surface area contributed by atoms with Gasteiger partial charge in [0.25, 0.3) is 5.91 Å². The molecule has 1 aromatic heterocycles. The Kier molecular flexibility index (Phi) is 4.81. The third-order valence-electron chi connectivity index (χ3n) is 4.10. The number of nitrogens with one attached hydrogen (secondary N) is 1. The van der Waals surface area contributed by atoms with Gasteiger partial charge in [-0.1, -0.05) is 12.1 Å². The molecule has 0 atom stereocenters. The second-order valence-electron chi connectivity index (χ2n) is 5.86. The summed E-state index contributed by atoms with van der Waals surface area (Å²) in [5.74, 6) is 1.14. The smallest absolute Gasteiger partial charge is 0.256 e. The Morgan fingerprint density at radius 2 is 1.85 bits per heavy atom. The molecule has 6 heteroatoms. The van der Waals surface area contributed by atoms with Crippen molar-refractivity contribution in [3.05, 3.63) is 75.9 Å². The van der Waals surface area contributed by atoms with E-state index < -0.39 is 0 Å². The highest BCUT2D eigenvalue weighted by Gasteiger charge is 2.12. The molecular weight excluding hydrogens is 455 g/mol. The molecule has 4 aromatic rings. The highest BCUT2D eigenvalue weighted by molar-refractivity contribution is 14.1. The number of carbonyl (C=O) groups is 1. The lowest BCUT2D eigenvalue weighted by molar-refractivity contribution is 0.102. The second kappa shape index (κ2) is 7.40. The van der Waals surface area contributed by atoms with Crippen LogP contribution < -0.4 is 10.1 Å². The Bertz CT molecular complexity index is 1120. The van der Waals surface area contributed by atoms with Crippen molar-refractivity contribution < 1.29 is 13.9 Å². The first-order valence-corrected chi connectivity index (χ1v) is 9.33. The minimum absolute atomic E-state index is 0.154. The third-order valence-corrected chi connectivity index (χ3v) is 5.04. The van der Waals surface area contributed by atoms with Crippen molar-refractivity contribution in [2.24, 2.45) is 0 Å². The van der Waals surface area contributed by atoms with E-state index in [-0.39, 0.29) is 5.91 Å². The van der Waals surface area contributed by atoms with E-state index in [0.717, 1.165) is 14.9 Å². The fourth-order valence-electron chi connectivity index (χ4n) is 2.71. The summed E-state index contributed by atoms with van der Waals surface area (Å²) < 4.78 is 11.9. The molecule has 0 radical (unpaired) electrons. The van der Waals surface area contributed by atoms with Gasteiger partial charge in [-0.2, -0.15) is 0 Å². The molecule has 3 aromatic carbocycles. The Hall–Kier alpha value is -2.87. The molecule has 134 valence electrons. The Labute approximate surface area is 169 Å². The highest BCUT2D eigenvalue weighted by atomic mass is 127. The summed E-state index contributed by atoms with van der Waals surface area (Å²) in [5.41, 5.74) is 3.50. The van der Waals surface area contributed by atoms with Gasteiger partial charge in [0.05, 0.1) is 12.7 Å². The van der Waals surface area contributed by atoms with E-state index in [1.807, 2.05) is 42.5 Å². The van der Waals surface area contributed by atoms with Gasteiger partial charge in [-0.3, -0.25) is 4.79 Å². The van der Waals surface area contributed by atoms with Crippen molar-refractivity contribution in [3.63, 3.8) is 0 Å². The fraction of sp³-hybridized carbons (Fsp3) is 0.0476. The predicted molar refractivity (Wildman–Crippen MR) is 113 cm³/mol. The van der Waals surface area contributed by atoms with Crippen LogP contribution in [0.25, 0.3) is 22.6 Å². The van der Waals surface area contributed by atoms with Crippen LogP contribution in [0.5, 0.6) is 5.75 Å². The summed E-state index contributed by atoms with van der Waals surface area (Å²) in [6.07, 6.45) is 0. The normalized spacial score (nSPS) is 10.7. The van der Waals surface area contributed by atoms with E-state index in [9.17, 15) is 4.79 Å². The zero-order valence-corrected chi connectivity index (χ0v) is 16.6. The van der Waals surface area contributed by atoms with Gasteiger partial charge >= 0.3 is 0 Å². The maximum atomic E-state index is 12.5. The van der Waals surface area contributed by atoms with Crippen molar-refractivity contribution in [2.45, 2.75) is 0 Å². The first-order valence-electron chi connectivity index (χ1n) is 8.25. The molecule has 27 heavy (non-hydrogen) atoms. The van der Waals surface area contributed by atoms with Crippen LogP contribution in [-0.2, 0) is 0 Å². The van der Waals surface area contributed by atoms with Crippen LogP contribution in [0, 0.1) is 3.57 Å². The molecule has 0 fully saturated rings. The van der Waals surface area contributed by atoms with E-state index in [1.165, 1.54) is 0 Å². The summed E-state index contributed by atoms with van der Waals surface area (Å²) in [6, 6.07) is 20.4. The Balaban J connectivity index is 1.60. The average Bonchev–Trinajstić information content (AvgIpc) is 3.11. The highest BCUT2D eigenvalue weighted by Crippen LogP contribution is 2.27. The largest absolute Gasteiger partial charge is 0.497 e. The van der Waals surface area contributed by atoms with E-state index in [4.69, 9.17) is 9.15 Å². The van der Waals surface area contributed by atoms with Crippen LogP contribution in [0.15, 0.2) is 71.1 Å². The zero-order valence-electron chi connectivity index (χ0n) is 14.4. The van der Waals surface area contributed by atoms with E-state index in [2.05, 4.69) is 32.9 Å². The first kappa shape index (κ1) is 17.5. The standard InChI is InChI=1S/C21H15IN2O3/c1-26-15-9-6-13(7-10-15)21-24-18-12-14(8-11-19(18)27-21)23-20(25)16-4-2-3-5-17(16)22/h2-12H,1H3,(H,23,25). The van der Waals surface area contributed by atoms with Crippen LogP contribution in [0.4, 0.5) is 5.69 Å². The SMILES string of the molecule is COc1ccc(-c2nc3cc(NC(=O)c4ccccc4I)ccc3o2)cc1. The lowest BCUT2D eigenvalue weighted by Gasteiger charge is -2.06. The molecule has 5 nitrogen and oxygen atoms in total. The lowest BCUT2D eigenvalue weighted by atomic mass is 10.2. The van der Waals surface area contributed by atoms with Gasteiger partial charge in [-0.25, -0.2) is 4.98 Å². The molecule has 0 spiro atoms. The number of methoxy groups -OCH3 is 1. The van der Waals surface area contributed by atoms with Gasteiger partial charge in [0, 0.05) is 14.8 Å². The molecular formula is C21H15IN2O3. The van der Waals surface area contributed by atoms with E-state index in [1.54, 1.807) is 31.4 Å². The summed E-state index contributed by atoms with van der Waals surface area (Å²) in [7, 11) is 1.63. The molecule has 0 aliphatic carbocycles. The number of anilines is 1. The number of fused-ring (bicyclic) bond motifs is 1. The minimum Gasteiger partial charge on any atom is -0.497 e. The fourth-order valence-corrected chi connectivity index (χ4v) is 3.34.